The molecule has 0 aromatic rings. The summed E-state index contributed by atoms with van der Waals surface area (Å²) >= 11 is 0. The number of phosphoric ester groups is 2. The zero-order chi connectivity index (χ0) is 80.3. The van der Waals surface area contributed by atoms with Crippen LogP contribution in [0, 0.1) is 0 Å². The van der Waals surface area contributed by atoms with E-state index in [2.05, 4.69) is 198 Å². The number of ether oxygens (including phenoxy) is 4. The SMILES string of the molecule is CC/C=C\C/C=C\C/C=C\C/C=C\C/C=C\CCCCCC(=O)OC[C@H](COP(=O)(O)OC[C@@H](O)COP(=O)(O)OC[C@@H](COC(=O)CCCCC/C=C\C/C=C\C/C=C\C/C=C\C/C=C\CC)OC(=O)CCCCCCCCC/C=C\CCCCCC)OC(=O)CCC/C=C\C/C=C\C/C=C\C/C=C\CCCCC. The number of hydrogen-bond donors (Lipinski definition) is 3. The lowest BCUT2D eigenvalue weighted by molar-refractivity contribution is -0.161. The number of phosphoric acid groups is 2. The van der Waals surface area contributed by atoms with Crippen molar-refractivity contribution < 1.29 is 80.2 Å². The highest BCUT2D eigenvalue weighted by Crippen LogP contribution is 2.45. The van der Waals surface area contributed by atoms with E-state index in [-0.39, 0.29) is 25.7 Å². The van der Waals surface area contributed by atoms with Gasteiger partial charge < -0.3 is 33.8 Å². The number of unbranched alkanes of at least 4 members (excludes halogenated alkanes) is 21. The van der Waals surface area contributed by atoms with Crippen molar-refractivity contribution in [1.29, 1.82) is 0 Å². The lowest BCUT2D eigenvalue weighted by atomic mass is 10.1. The average molecular weight is 1580 g/mol. The quantitative estimate of drug-likeness (QED) is 0.0169. The number of rotatable bonds is 77. The molecule has 5 atom stereocenters. The van der Waals surface area contributed by atoms with Gasteiger partial charge in [0.15, 0.2) is 12.2 Å². The first-order chi connectivity index (χ1) is 53.7. The van der Waals surface area contributed by atoms with Crippen LogP contribution in [-0.4, -0.2) is 96.7 Å². The highest BCUT2D eigenvalue weighted by atomic mass is 31.2. The van der Waals surface area contributed by atoms with Gasteiger partial charge in [0, 0.05) is 25.7 Å². The van der Waals surface area contributed by atoms with Crippen LogP contribution in [0.5, 0.6) is 0 Å². The first-order valence-electron chi connectivity index (χ1n) is 42.0. The van der Waals surface area contributed by atoms with Crippen molar-refractivity contribution in [3.8, 4) is 0 Å². The molecule has 110 heavy (non-hydrogen) atoms. The van der Waals surface area contributed by atoms with Crippen LogP contribution in [0.4, 0.5) is 0 Å². The second kappa shape index (κ2) is 81.2. The van der Waals surface area contributed by atoms with Gasteiger partial charge in [-0.1, -0.05) is 287 Å². The summed E-state index contributed by atoms with van der Waals surface area (Å²) in [6, 6.07) is 0. The summed E-state index contributed by atoms with van der Waals surface area (Å²) in [5, 5.41) is 10.7. The molecular weight excluding hydrogens is 1430 g/mol. The molecule has 0 aliphatic heterocycles. The molecule has 0 aliphatic rings. The molecule has 0 heterocycles. The molecule has 0 aromatic heterocycles. The van der Waals surface area contributed by atoms with E-state index < -0.39 is 97.5 Å². The monoisotopic (exact) mass is 1580 g/mol. The summed E-state index contributed by atoms with van der Waals surface area (Å²) in [6.45, 7) is 4.46. The van der Waals surface area contributed by atoms with E-state index >= 15 is 0 Å². The Bertz CT molecular complexity index is 2800. The van der Waals surface area contributed by atoms with Crippen LogP contribution in [0.15, 0.2) is 182 Å². The summed E-state index contributed by atoms with van der Waals surface area (Å²) in [5.41, 5.74) is 0. The second-order valence-corrected chi connectivity index (χ2v) is 30.2. The Morgan fingerprint density at radius 2 is 0.482 bits per heavy atom. The van der Waals surface area contributed by atoms with Crippen molar-refractivity contribution in [2.45, 2.75) is 329 Å². The normalized spacial score (nSPS) is 14.7. The number of carbonyl (C=O) groups is 4. The topological polar surface area (TPSA) is 237 Å². The summed E-state index contributed by atoms with van der Waals surface area (Å²) in [5.74, 6) is -2.33. The van der Waals surface area contributed by atoms with Gasteiger partial charge in [0.05, 0.1) is 26.4 Å². The maximum absolute atomic E-state index is 13.1. The molecule has 0 aromatic carbocycles. The Balaban J connectivity index is 5.51. The lowest BCUT2D eigenvalue weighted by Crippen LogP contribution is -2.30. The zero-order valence-corrected chi connectivity index (χ0v) is 70.1. The van der Waals surface area contributed by atoms with Crippen LogP contribution in [0.1, 0.15) is 310 Å². The molecule has 0 amide bonds. The van der Waals surface area contributed by atoms with Crippen LogP contribution < -0.4 is 0 Å². The molecule has 0 rings (SSSR count). The van der Waals surface area contributed by atoms with E-state index in [1.807, 2.05) is 12.2 Å². The van der Waals surface area contributed by atoms with Gasteiger partial charge in [-0.15, -0.1) is 0 Å². The Morgan fingerprint density at radius 3 is 0.800 bits per heavy atom. The molecule has 624 valence electrons. The number of allylic oxidation sites excluding steroid dienone is 30. The molecular formula is C91H148O17P2. The fourth-order valence-corrected chi connectivity index (χ4v) is 12.1. The lowest BCUT2D eigenvalue weighted by Gasteiger charge is -2.21. The summed E-state index contributed by atoms with van der Waals surface area (Å²) in [4.78, 5) is 73.2. The molecule has 0 aliphatic carbocycles. The van der Waals surface area contributed by atoms with Crippen molar-refractivity contribution in [3.63, 3.8) is 0 Å². The van der Waals surface area contributed by atoms with Crippen LogP contribution in [-0.2, 0) is 65.4 Å². The van der Waals surface area contributed by atoms with Crippen LogP contribution in [0.25, 0.3) is 0 Å². The summed E-state index contributed by atoms with van der Waals surface area (Å²) in [7, 11) is -10.0. The molecule has 0 bridgehead atoms. The molecule has 0 radical (unpaired) electrons. The first-order valence-corrected chi connectivity index (χ1v) is 45.0. The third-order valence-corrected chi connectivity index (χ3v) is 18.7. The Labute approximate surface area is 666 Å². The molecule has 19 heteroatoms. The third-order valence-electron chi connectivity index (χ3n) is 16.8. The van der Waals surface area contributed by atoms with Crippen molar-refractivity contribution >= 4 is 39.5 Å². The van der Waals surface area contributed by atoms with Gasteiger partial charge in [-0.3, -0.25) is 37.3 Å². The molecule has 0 saturated carbocycles. The molecule has 0 fully saturated rings. The number of hydrogen-bond acceptors (Lipinski definition) is 15. The van der Waals surface area contributed by atoms with Gasteiger partial charge in [0.1, 0.15) is 19.3 Å². The minimum atomic E-state index is -5.01. The standard InChI is InChI=1S/C91H148O17P2/c1-5-9-13-17-21-25-29-33-37-40-42-45-48-51-55-59-63-67-71-75-88(93)101-81-86(107-90(95)77-73-69-65-61-57-53-47-36-32-28-24-20-16-12-8-4)83-105-109(97,98)103-79-85(92)80-104-110(99,100)106-84-87(108-91(96)78-74-70-66-62-58-54-50-44-39-35-31-27-23-19-15-11-7-3)82-102-89(94)76-72-68-64-60-56-52-49-46-43-41-38-34-30-26-22-18-14-10-6-2/h9-10,13-14,21-23,25-28,32-35,37-39,42-43,45-46,50-52,54-56,62,66,85-87,92H,5-8,11-12,15-20,24,29-31,36,40-41,44,47-49,53,57-61,63-65,67-84H2,1-4H3,(H,97,98)(H,99,100)/b13-9-,14-10-,25-21-,26-22-,27-23-,32-28-,37-33-,38-34-,39-35-,45-42-,46-43-,54-50-,55-51-,56-52-,66-62-/t85-,86+,87+/m0/s1. The minimum Gasteiger partial charge on any atom is -0.462 e. The van der Waals surface area contributed by atoms with Crippen LogP contribution in [0.3, 0.4) is 0 Å². The molecule has 0 spiro atoms. The largest absolute Gasteiger partial charge is 0.472 e. The van der Waals surface area contributed by atoms with Crippen LogP contribution in [0.2, 0.25) is 0 Å². The van der Waals surface area contributed by atoms with Gasteiger partial charge in [-0.05, 0) is 180 Å². The predicted octanol–water partition coefficient (Wildman–Crippen LogP) is 25.1. The maximum Gasteiger partial charge on any atom is 0.472 e. The molecule has 2 unspecified atom stereocenters. The Kier molecular flexibility index (Phi) is 76.9. The van der Waals surface area contributed by atoms with Crippen molar-refractivity contribution in [2.24, 2.45) is 0 Å². The predicted molar refractivity (Wildman–Crippen MR) is 454 cm³/mol. The van der Waals surface area contributed by atoms with E-state index in [9.17, 15) is 43.2 Å². The van der Waals surface area contributed by atoms with Gasteiger partial charge >= 0.3 is 39.5 Å². The van der Waals surface area contributed by atoms with E-state index in [1.165, 1.54) is 44.9 Å². The second-order valence-electron chi connectivity index (χ2n) is 27.3. The minimum absolute atomic E-state index is 0.00415. The summed E-state index contributed by atoms with van der Waals surface area (Å²) < 4.78 is 68.7. The maximum atomic E-state index is 13.1. The fourth-order valence-electron chi connectivity index (χ4n) is 10.5. The Morgan fingerprint density at radius 1 is 0.264 bits per heavy atom. The summed E-state index contributed by atoms with van der Waals surface area (Å²) in [6.07, 6.45) is 98.6. The number of carbonyl (C=O) groups excluding carboxylic acids is 4. The van der Waals surface area contributed by atoms with Gasteiger partial charge in [-0.25, -0.2) is 9.13 Å². The van der Waals surface area contributed by atoms with Crippen molar-refractivity contribution in [3.05, 3.63) is 182 Å². The molecule has 17 nitrogen and oxygen atoms in total. The smallest absolute Gasteiger partial charge is 0.462 e. The van der Waals surface area contributed by atoms with Crippen molar-refractivity contribution in [1.82, 2.24) is 0 Å². The molecule has 0 saturated heterocycles. The van der Waals surface area contributed by atoms with Crippen molar-refractivity contribution in [2.75, 3.05) is 39.6 Å². The van der Waals surface area contributed by atoms with E-state index in [0.29, 0.717) is 32.1 Å². The third kappa shape index (κ3) is 80.2. The highest BCUT2D eigenvalue weighted by molar-refractivity contribution is 7.47. The van der Waals surface area contributed by atoms with Crippen LogP contribution >= 0.6 is 15.6 Å². The first kappa shape index (κ1) is 104. The fraction of sp³-hybridized carbons (Fsp3) is 0.626. The van der Waals surface area contributed by atoms with Gasteiger partial charge in [0.2, 0.25) is 0 Å². The van der Waals surface area contributed by atoms with E-state index in [4.69, 9.17) is 37.0 Å². The average Bonchev–Trinajstić information content (AvgIpc) is 0.906. The van der Waals surface area contributed by atoms with Gasteiger partial charge in [0.25, 0.3) is 0 Å². The number of aliphatic hydroxyl groups excluding tert-OH is 1. The number of aliphatic hydroxyl groups is 1. The zero-order valence-electron chi connectivity index (χ0n) is 68.4. The van der Waals surface area contributed by atoms with E-state index in [1.54, 1.807) is 0 Å². The molecule has 3 N–H and O–H groups in total. The Hall–Kier alpha value is -5.84. The number of esters is 4. The highest BCUT2D eigenvalue weighted by Gasteiger charge is 2.30. The van der Waals surface area contributed by atoms with E-state index in [0.717, 1.165) is 180 Å². The van der Waals surface area contributed by atoms with Gasteiger partial charge in [-0.2, -0.15) is 0 Å².